The van der Waals surface area contributed by atoms with Crippen molar-refractivity contribution < 1.29 is 19.1 Å². The first-order chi connectivity index (χ1) is 16.9. The van der Waals surface area contributed by atoms with Crippen LogP contribution < -0.4 is 15.4 Å². The number of carbonyl (C=O) groups is 3. The number of urea groups is 1. The number of piperidine rings is 1. The largest absolute Gasteiger partial charge is 0.497 e. The van der Waals surface area contributed by atoms with E-state index in [9.17, 15) is 14.4 Å². The summed E-state index contributed by atoms with van der Waals surface area (Å²) in [4.78, 5) is 42.6. The van der Waals surface area contributed by atoms with Crippen molar-refractivity contribution >= 4 is 35.1 Å². The zero-order valence-corrected chi connectivity index (χ0v) is 21.2. The fourth-order valence-electron chi connectivity index (χ4n) is 4.31. The SMILES string of the molecule is CCN(CC)C(=O)[C@H](NC(=O)c1cccc(OC)c1)C1CCN(C(=O)Nc2cccc(Cl)c2)CC1. The monoisotopic (exact) mass is 500 g/mol. The van der Waals surface area contributed by atoms with Crippen LogP contribution >= 0.6 is 11.6 Å². The lowest BCUT2D eigenvalue weighted by Gasteiger charge is -2.37. The number of carbonyl (C=O) groups excluding carboxylic acids is 3. The highest BCUT2D eigenvalue weighted by atomic mass is 35.5. The van der Waals surface area contributed by atoms with Crippen molar-refractivity contribution in [3.63, 3.8) is 0 Å². The number of hydrogen-bond acceptors (Lipinski definition) is 4. The molecule has 35 heavy (non-hydrogen) atoms. The molecule has 2 aromatic rings. The third-order valence-corrected chi connectivity index (χ3v) is 6.57. The number of anilines is 1. The normalized spacial score (nSPS) is 14.7. The Labute approximate surface area is 211 Å². The Kier molecular flexibility index (Phi) is 9.37. The van der Waals surface area contributed by atoms with Crippen LogP contribution in [0.4, 0.5) is 10.5 Å². The number of rotatable bonds is 8. The van der Waals surface area contributed by atoms with E-state index < -0.39 is 6.04 Å². The van der Waals surface area contributed by atoms with Gasteiger partial charge in [0.15, 0.2) is 0 Å². The Morgan fingerprint density at radius 1 is 1.09 bits per heavy atom. The summed E-state index contributed by atoms with van der Waals surface area (Å²) in [6.07, 6.45) is 1.19. The Morgan fingerprint density at radius 3 is 2.40 bits per heavy atom. The fraction of sp³-hybridized carbons (Fsp3) is 0.423. The number of likely N-dealkylation sites (tertiary alicyclic amines) is 1. The molecule has 4 amide bonds. The number of nitrogens with one attached hydrogen (secondary N) is 2. The van der Waals surface area contributed by atoms with Crippen LogP contribution in [0.5, 0.6) is 5.75 Å². The highest BCUT2D eigenvalue weighted by Gasteiger charge is 2.35. The molecule has 0 radical (unpaired) electrons. The lowest BCUT2D eigenvalue weighted by Crippen LogP contribution is -2.55. The van der Waals surface area contributed by atoms with Crippen LogP contribution in [0.25, 0.3) is 0 Å². The molecule has 0 aromatic heterocycles. The summed E-state index contributed by atoms with van der Waals surface area (Å²) >= 11 is 6.01. The molecule has 0 spiro atoms. The molecule has 188 valence electrons. The van der Waals surface area contributed by atoms with Gasteiger partial charge in [-0.15, -0.1) is 0 Å². The van der Waals surface area contributed by atoms with Gasteiger partial charge in [0.05, 0.1) is 7.11 Å². The number of hydrogen-bond donors (Lipinski definition) is 2. The van der Waals surface area contributed by atoms with Gasteiger partial charge in [0, 0.05) is 42.5 Å². The first-order valence-electron chi connectivity index (χ1n) is 11.9. The van der Waals surface area contributed by atoms with Crippen LogP contribution in [0.2, 0.25) is 5.02 Å². The van der Waals surface area contributed by atoms with Crippen molar-refractivity contribution in [3.8, 4) is 5.75 Å². The topological polar surface area (TPSA) is 91.0 Å². The number of amides is 4. The average Bonchev–Trinajstić information content (AvgIpc) is 2.88. The molecule has 2 N–H and O–H groups in total. The van der Waals surface area contributed by atoms with Gasteiger partial charge >= 0.3 is 6.03 Å². The first-order valence-corrected chi connectivity index (χ1v) is 12.3. The zero-order chi connectivity index (χ0) is 25.4. The molecule has 0 saturated carbocycles. The summed E-state index contributed by atoms with van der Waals surface area (Å²) in [5.41, 5.74) is 1.06. The molecule has 3 rings (SSSR count). The number of likely N-dealkylation sites (N-methyl/N-ethyl adjacent to an activating group) is 1. The van der Waals surface area contributed by atoms with Gasteiger partial charge in [-0.1, -0.05) is 23.7 Å². The number of benzene rings is 2. The molecule has 0 bridgehead atoms. The van der Waals surface area contributed by atoms with E-state index in [-0.39, 0.29) is 23.8 Å². The Hall–Kier alpha value is -3.26. The Balaban J connectivity index is 1.69. The molecule has 8 nitrogen and oxygen atoms in total. The summed E-state index contributed by atoms with van der Waals surface area (Å²) in [7, 11) is 1.54. The van der Waals surface area contributed by atoms with Gasteiger partial charge < -0.3 is 25.2 Å². The predicted molar refractivity (Wildman–Crippen MR) is 137 cm³/mol. The smallest absolute Gasteiger partial charge is 0.321 e. The van der Waals surface area contributed by atoms with E-state index in [1.165, 1.54) is 0 Å². The van der Waals surface area contributed by atoms with Crippen LogP contribution in [0.15, 0.2) is 48.5 Å². The standard InChI is InChI=1S/C26H33ClN4O4/c1-4-30(5-2)25(33)23(29-24(32)19-8-6-11-22(16-19)35-3)18-12-14-31(15-13-18)26(34)28-21-10-7-9-20(27)17-21/h6-11,16-18,23H,4-5,12-15H2,1-3H3,(H,28,34)(H,29,32)/t23-/m1/s1. The second-order valence-corrected chi connectivity index (χ2v) is 8.90. The molecule has 0 unspecified atom stereocenters. The van der Waals surface area contributed by atoms with Gasteiger partial charge in [-0.05, 0) is 69.0 Å². The maximum atomic E-state index is 13.4. The fourth-order valence-corrected chi connectivity index (χ4v) is 4.50. The summed E-state index contributed by atoms with van der Waals surface area (Å²) in [6.45, 7) is 5.92. The first kappa shape index (κ1) is 26.3. The Morgan fingerprint density at radius 2 is 1.77 bits per heavy atom. The van der Waals surface area contributed by atoms with E-state index >= 15 is 0 Å². The van der Waals surface area contributed by atoms with Crippen molar-refractivity contribution in [2.75, 3.05) is 38.6 Å². The van der Waals surface area contributed by atoms with E-state index in [2.05, 4.69) is 10.6 Å². The molecule has 1 saturated heterocycles. The molecule has 1 fully saturated rings. The molecule has 9 heteroatoms. The number of nitrogens with zero attached hydrogens (tertiary/aromatic N) is 2. The van der Waals surface area contributed by atoms with Crippen molar-refractivity contribution in [1.29, 1.82) is 0 Å². The molecule has 1 heterocycles. The minimum atomic E-state index is -0.674. The van der Waals surface area contributed by atoms with Crippen LogP contribution in [0, 0.1) is 5.92 Å². The molecule has 1 aliphatic heterocycles. The summed E-state index contributed by atoms with van der Waals surface area (Å²) in [5, 5.41) is 6.39. The van der Waals surface area contributed by atoms with Gasteiger partial charge in [0.2, 0.25) is 5.91 Å². The summed E-state index contributed by atoms with van der Waals surface area (Å²) < 4.78 is 5.22. The quantitative estimate of drug-likeness (QED) is 0.566. The number of halogens is 1. The molecular weight excluding hydrogens is 468 g/mol. The van der Waals surface area contributed by atoms with Gasteiger partial charge in [-0.3, -0.25) is 9.59 Å². The minimum absolute atomic E-state index is 0.0899. The average molecular weight is 501 g/mol. The van der Waals surface area contributed by atoms with Gasteiger partial charge in [-0.25, -0.2) is 4.79 Å². The van der Waals surface area contributed by atoms with Gasteiger partial charge in [-0.2, -0.15) is 0 Å². The van der Waals surface area contributed by atoms with Gasteiger partial charge in [0.1, 0.15) is 11.8 Å². The van der Waals surface area contributed by atoms with Crippen LogP contribution in [-0.2, 0) is 4.79 Å². The zero-order valence-electron chi connectivity index (χ0n) is 20.4. The summed E-state index contributed by atoms with van der Waals surface area (Å²) in [6, 6.07) is 13.0. The maximum Gasteiger partial charge on any atom is 0.321 e. The van der Waals surface area contributed by atoms with Crippen LogP contribution in [-0.4, -0.2) is 67.0 Å². The van der Waals surface area contributed by atoms with Gasteiger partial charge in [0.25, 0.3) is 5.91 Å². The third kappa shape index (κ3) is 6.88. The number of methoxy groups -OCH3 is 1. The Bertz CT molecular complexity index is 1040. The third-order valence-electron chi connectivity index (χ3n) is 6.33. The molecule has 1 aliphatic rings. The van der Waals surface area contributed by atoms with E-state index in [1.807, 2.05) is 13.8 Å². The summed E-state index contributed by atoms with van der Waals surface area (Å²) in [5.74, 6) is 0.0554. The van der Waals surface area contributed by atoms with Crippen molar-refractivity contribution in [3.05, 3.63) is 59.1 Å². The van der Waals surface area contributed by atoms with E-state index in [0.717, 1.165) is 0 Å². The molecule has 1 atom stereocenters. The second-order valence-electron chi connectivity index (χ2n) is 8.46. The predicted octanol–water partition coefficient (Wildman–Crippen LogP) is 4.26. The molecular formula is C26H33ClN4O4. The minimum Gasteiger partial charge on any atom is -0.497 e. The lowest BCUT2D eigenvalue weighted by molar-refractivity contribution is -0.134. The van der Waals surface area contributed by atoms with Crippen LogP contribution in [0.1, 0.15) is 37.0 Å². The second kappa shape index (κ2) is 12.4. The molecule has 0 aliphatic carbocycles. The molecule has 2 aromatic carbocycles. The lowest BCUT2D eigenvalue weighted by atomic mass is 9.88. The van der Waals surface area contributed by atoms with E-state index in [0.29, 0.717) is 61.0 Å². The maximum absolute atomic E-state index is 13.4. The van der Waals surface area contributed by atoms with Crippen molar-refractivity contribution in [1.82, 2.24) is 15.1 Å². The highest BCUT2D eigenvalue weighted by molar-refractivity contribution is 6.30. The van der Waals surface area contributed by atoms with E-state index in [1.54, 1.807) is 65.4 Å². The highest BCUT2D eigenvalue weighted by Crippen LogP contribution is 2.24. The van der Waals surface area contributed by atoms with E-state index in [4.69, 9.17) is 16.3 Å². The number of ether oxygens (including phenoxy) is 1. The van der Waals surface area contributed by atoms with Crippen molar-refractivity contribution in [2.45, 2.75) is 32.7 Å². The van der Waals surface area contributed by atoms with Crippen molar-refractivity contribution in [2.24, 2.45) is 5.92 Å². The van der Waals surface area contributed by atoms with Crippen LogP contribution in [0.3, 0.4) is 0 Å².